The highest BCUT2D eigenvalue weighted by atomic mass is 32.1. The molecule has 6 nitrogen and oxygen atoms in total. The number of hydrogen-bond donors (Lipinski definition) is 0. The number of anilines is 1. The molecule has 0 aliphatic carbocycles. The summed E-state index contributed by atoms with van der Waals surface area (Å²) in [4.78, 5) is 20.1. The monoisotopic (exact) mass is 299 g/mol. The molecular formula is C13H21N3O3S. The van der Waals surface area contributed by atoms with Gasteiger partial charge in [-0.25, -0.2) is 9.78 Å². The Balaban J connectivity index is 1.57. The molecule has 1 aliphatic rings. The fourth-order valence-corrected chi connectivity index (χ4v) is 2.78. The Morgan fingerprint density at radius 2 is 2.20 bits per heavy atom. The molecule has 1 aliphatic heterocycles. The van der Waals surface area contributed by atoms with E-state index in [1.165, 1.54) is 0 Å². The van der Waals surface area contributed by atoms with Crippen LogP contribution in [-0.2, 0) is 14.3 Å². The summed E-state index contributed by atoms with van der Waals surface area (Å²) in [6, 6.07) is 0. The number of carbonyl (C=O) groups is 1. The molecule has 0 amide bonds. The van der Waals surface area contributed by atoms with Crippen molar-refractivity contribution in [3.63, 3.8) is 0 Å². The smallest absolute Gasteiger partial charge is 0.332 e. The number of piperazine rings is 1. The Bertz CT molecular complexity index is 392. The average molecular weight is 299 g/mol. The van der Waals surface area contributed by atoms with Crippen molar-refractivity contribution < 1.29 is 14.3 Å². The molecule has 0 spiro atoms. The maximum atomic E-state index is 11.1. The Hall–Kier alpha value is -1.18. The molecule has 0 saturated carbocycles. The van der Waals surface area contributed by atoms with Crippen LogP contribution in [0.2, 0.25) is 0 Å². The number of thiazole rings is 1. The number of aromatic nitrogens is 1. The molecule has 1 fully saturated rings. The Morgan fingerprint density at radius 3 is 2.85 bits per heavy atom. The summed E-state index contributed by atoms with van der Waals surface area (Å²) in [5.41, 5.74) is 0. The predicted molar refractivity (Wildman–Crippen MR) is 78.2 cm³/mol. The molecule has 0 radical (unpaired) electrons. The van der Waals surface area contributed by atoms with Gasteiger partial charge in [0.1, 0.15) is 6.61 Å². The highest BCUT2D eigenvalue weighted by molar-refractivity contribution is 7.13. The van der Waals surface area contributed by atoms with Crippen LogP contribution in [0.5, 0.6) is 0 Å². The molecular weight excluding hydrogens is 278 g/mol. The zero-order valence-corrected chi connectivity index (χ0v) is 12.6. The van der Waals surface area contributed by atoms with Crippen molar-refractivity contribution >= 4 is 22.4 Å². The zero-order chi connectivity index (χ0) is 14.2. The van der Waals surface area contributed by atoms with Gasteiger partial charge in [0.05, 0.1) is 13.2 Å². The van der Waals surface area contributed by atoms with E-state index in [9.17, 15) is 4.79 Å². The van der Waals surface area contributed by atoms with Gasteiger partial charge in [0.25, 0.3) is 0 Å². The standard InChI is InChI=1S/C13H21N3O3S/c1-2-19-12(17)11-18-9-8-15-4-6-16(7-5-15)13-14-3-10-20-13/h3,10H,2,4-9,11H2,1H3. The van der Waals surface area contributed by atoms with Crippen molar-refractivity contribution in [1.82, 2.24) is 9.88 Å². The second kappa shape index (κ2) is 8.18. The molecule has 0 bridgehead atoms. The molecule has 112 valence electrons. The molecule has 1 aromatic heterocycles. The van der Waals surface area contributed by atoms with Crippen LogP contribution in [0.15, 0.2) is 11.6 Å². The van der Waals surface area contributed by atoms with Gasteiger partial charge < -0.3 is 14.4 Å². The fourth-order valence-electron chi connectivity index (χ4n) is 2.09. The minimum absolute atomic E-state index is 0.0485. The van der Waals surface area contributed by atoms with Gasteiger partial charge in [-0.15, -0.1) is 11.3 Å². The molecule has 2 rings (SSSR count). The van der Waals surface area contributed by atoms with Crippen molar-refractivity contribution in [2.45, 2.75) is 6.92 Å². The SMILES string of the molecule is CCOC(=O)COCCN1CCN(c2nccs2)CC1. The minimum Gasteiger partial charge on any atom is -0.464 e. The summed E-state index contributed by atoms with van der Waals surface area (Å²) in [6.45, 7) is 7.65. The first-order valence-electron chi connectivity index (χ1n) is 6.89. The van der Waals surface area contributed by atoms with E-state index in [2.05, 4.69) is 14.8 Å². The lowest BCUT2D eigenvalue weighted by molar-refractivity contribution is -0.148. The van der Waals surface area contributed by atoms with Crippen LogP contribution in [0.4, 0.5) is 5.13 Å². The van der Waals surface area contributed by atoms with Crippen molar-refractivity contribution in [2.75, 3.05) is 57.4 Å². The first-order chi connectivity index (χ1) is 9.79. The number of rotatable bonds is 7. The van der Waals surface area contributed by atoms with Crippen LogP contribution in [0, 0.1) is 0 Å². The van der Waals surface area contributed by atoms with E-state index in [-0.39, 0.29) is 12.6 Å². The van der Waals surface area contributed by atoms with Crippen LogP contribution in [0.25, 0.3) is 0 Å². The maximum Gasteiger partial charge on any atom is 0.332 e. The largest absolute Gasteiger partial charge is 0.464 e. The Labute approximate surface area is 123 Å². The van der Waals surface area contributed by atoms with Gasteiger partial charge in [-0.3, -0.25) is 4.90 Å². The van der Waals surface area contributed by atoms with Gasteiger partial charge in [0.15, 0.2) is 5.13 Å². The highest BCUT2D eigenvalue weighted by Gasteiger charge is 2.18. The van der Waals surface area contributed by atoms with Gasteiger partial charge >= 0.3 is 5.97 Å². The second-order valence-corrected chi connectivity index (χ2v) is 5.37. The minimum atomic E-state index is -0.291. The molecule has 2 heterocycles. The third-order valence-electron chi connectivity index (χ3n) is 3.14. The highest BCUT2D eigenvalue weighted by Crippen LogP contribution is 2.18. The van der Waals surface area contributed by atoms with Crippen LogP contribution in [-0.4, -0.2) is 68.4 Å². The average Bonchev–Trinajstić information content (AvgIpc) is 2.99. The summed E-state index contributed by atoms with van der Waals surface area (Å²) in [7, 11) is 0. The third-order valence-corrected chi connectivity index (χ3v) is 3.97. The quantitative estimate of drug-likeness (QED) is 0.549. The topological polar surface area (TPSA) is 54.9 Å². The molecule has 7 heteroatoms. The number of esters is 1. The number of ether oxygens (including phenoxy) is 2. The van der Waals surface area contributed by atoms with E-state index in [1.54, 1.807) is 18.3 Å². The van der Waals surface area contributed by atoms with Crippen molar-refractivity contribution in [2.24, 2.45) is 0 Å². The second-order valence-electron chi connectivity index (χ2n) is 4.50. The molecule has 20 heavy (non-hydrogen) atoms. The molecule has 1 aromatic rings. The molecule has 0 atom stereocenters. The summed E-state index contributed by atoms with van der Waals surface area (Å²) in [5, 5.41) is 3.11. The van der Waals surface area contributed by atoms with Crippen molar-refractivity contribution in [3.8, 4) is 0 Å². The van der Waals surface area contributed by atoms with Crippen LogP contribution in [0.1, 0.15) is 6.92 Å². The summed E-state index contributed by atoms with van der Waals surface area (Å²) >= 11 is 1.68. The lowest BCUT2D eigenvalue weighted by Gasteiger charge is -2.34. The normalized spacial score (nSPS) is 16.4. The lowest BCUT2D eigenvalue weighted by Crippen LogP contribution is -2.47. The summed E-state index contributed by atoms with van der Waals surface area (Å²) in [6.07, 6.45) is 1.84. The van der Waals surface area contributed by atoms with Gasteiger partial charge in [0.2, 0.25) is 0 Å². The number of hydrogen-bond acceptors (Lipinski definition) is 7. The number of nitrogens with zero attached hydrogens (tertiary/aromatic N) is 3. The maximum absolute atomic E-state index is 11.1. The van der Waals surface area contributed by atoms with E-state index in [4.69, 9.17) is 9.47 Å². The van der Waals surface area contributed by atoms with E-state index >= 15 is 0 Å². The fraction of sp³-hybridized carbons (Fsp3) is 0.692. The first-order valence-corrected chi connectivity index (χ1v) is 7.77. The van der Waals surface area contributed by atoms with Gasteiger partial charge in [-0.05, 0) is 6.92 Å². The zero-order valence-electron chi connectivity index (χ0n) is 11.8. The van der Waals surface area contributed by atoms with Crippen LogP contribution in [0.3, 0.4) is 0 Å². The molecule has 1 saturated heterocycles. The van der Waals surface area contributed by atoms with Crippen LogP contribution >= 0.6 is 11.3 Å². The van der Waals surface area contributed by atoms with Crippen molar-refractivity contribution in [1.29, 1.82) is 0 Å². The lowest BCUT2D eigenvalue weighted by atomic mass is 10.3. The third kappa shape index (κ3) is 4.73. The van der Waals surface area contributed by atoms with E-state index in [0.717, 1.165) is 37.9 Å². The first kappa shape index (κ1) is 15.2. The summed E-state index contributed by atoms with van der Waals surface area (Å²) in [5.74, 6) is -0.291. The van der Waals surface area contributed by atoms with E-state index in [1.807, 2.05) is 11.6 Å². The summed E-state index contributed by atoms with van der Waals surface area (Å²) < 4.78 is 10.1. The van der Waals surface area contributed by atoms with Gasteiger partial charge in [-0.2, -0.15) is 0 Å². The predicted octanol–water partition coefficient (Wildman–Crippen LogP) is 0.845. The molecule has 0 N–H and O–H groups in total. The molecule has 0 aromatic carbocycles. The number of carbonyl (C=O) groups excluding carboxylic acids is 1. The van der Waals surface area contributed by atoms with Gasteiger partial charge in [-0.1, -0.05) is 0 Å². The molecule has 0 unspecified atom stereocenters. The Morgan fingerprint density at radius 1 is 1.40 bits per heavy atom. The van der Waals surface area contributed by atoms with E-state index in [0.29, 0.717) is 13.2 Å². The van der Waals surface area contributed by atoms with E-state index < -0.39 is 0 Å². The Kier molecular flexibility index (Phi) is 6.23. The van der Waals surface area contributed by atoms with Gasteiger partial charge in [0, 0.05) is 44.3 Å². The van der Waals surface area contributed by atoms with Crippen LogP contribution < -0.4 is 4.90 Å². The van der Waals surface area contributed by atoms with Crippen molar-refractivity contribution in [3.05, 3.63) is 11.6 Å².